The molecule has 0 aliphatic rings. The van der Waals surface area contributed by atoms with E-state index in [1.54, 1.807) is 11.9 Å². The number of nitrogens with zero attached hydrogens (tertiary/aromatic N) is 1. The highest BCUT2D eigenvalue weighted by molar-refractivity contribution is 7.16. The quantitative estimate of drug-likeness (QED) is 0.381. The number of nitrogens with two attached hydrogens (primary N) is 1. The molecule has 0 spiro atoms. The third-order valence-corrected chi connectivity index (χ3v) is 2.66. The van der Waals surface area contributed by atoms with Gasteiger partial charge in [-0.25, -0.2) is 0 Å². The summed E-state index contributed by atoms with van der Waals surface area (Å²) in [4.78, 5) is 24.2. The molecule has 0 radical (unpaired) electrons. The number of rotatable bonds is 9. The van der Waals surface area contributed by atoms with Crippen molar-refractivity contribution in [3.63, 3.8) is 0 Å². The molecule has 0 saturated carbocycles. The molecule has 0 fully saturated rings. The lowest BCUT2D eigenvalue weighted by Crippen LogP contribution is -2.40. The van der Waals surface area contributed by atoms with Crippen LogP contribution in [0.5, 0.6) is 0 Å². The van der Waals surface area contributed by atoms with Crippen molar-refractivity contribution in [2.45, 2.75) is 12.8 Å². The highest BCUT2D eigenvalue weighted by atomic mass is 31.0. The van der Waals surface area contributed by atoms with Crippen LogP contribution in [0.3, 0.4) is 0 Å². The first-order valence-corrected chi connectivity index (χ1v) is 6.68. The first-order valence-electron chi connectivity index (χ1n) is 5.86. The predicted molar refractivity (Wildman–Crippen MR) is 75.8 cm³/mol. The summed E-state index contributed by atoms with van der Waals surface area (Å²) in [5, 5.41) is 5.41. The van der Waals surface area contributed by atoms with E-state index in [4.69, 9.17) is 5.73 Å². The van der Waals surface area contributed by atoms with Gasteiger partial charge in [0.25, 0.3) is 0 Å². The second kappa shape index (κ2) is 9.71. The SMILES string of the molecule is C=C(N)N(C)CC(=O)NCCNC(=O)CCCP. The summed E-state index contributed by atoms with van der Waals surface area (Å²) in [5.74, 6) is 0.207. The average molecular weight is 274 g/mol. The van der Waals surface area contributed by atoms with Crippen LogP contribution in [0.1, 0.15) is 12.8 Å². The van der Waals surface area contributed by atoms with Crippen LogP contribution in [0.2, 0.25) is 0 Å². The van der Waals surface area contributed by atoms with Gasteiger partial charge in [0, 0.05) is 26.6 Å². The Hall–Kier alpha value is -1.29. The van der Waals surface area contributed by atoms with Crippen molar-refractivity contribution in [1.29, 1.82) is 0 Å². The number of carbonyl (C=O) groups excluding carboxylic acids is 2. The lowest BCUT2D eigenvalue weighted by atomic mass is 10.3. The Kier molecular flexibility index (Phi) is 9.01. The van der Waals surface area contributed by atoms with Crippen LogP contribution in [-0.2, 0) is 9.59 Å². The van der Waals surface area contributed by atoms with Crippen molar-refractivity contribution in [2.75, 3.05) is 32.8 Å². The van der Waals surface area contributed by atoms with Gasteiger partial charge in [-0.05, 0) is 12.6 Å². The molecule has 18 heavy (non-hydrogen) atoms. The second-order valence-electron chi connectivity index (χ2n) is 3.94. The minimum absolute atomic E-state index is 0.0131. The molecule has 2 amide bonds. The van der Waals surface area contributed by atoms with Gasteiger partial charge in [-0.2, -0.15) is 0 Å². The fourth-order valence-corrected chi connectivity index (χ4v) is 1.33. The minimum Gasteiger partial charge on any atom is -0.386 e. The molecule has 0 rings (SSSR count). The van der Waals surface area contributed by atoms with E-state index in [1.165, 1.54) is 0 Å². The van der Waals surface area contributed by atoms with Crippen LogP contribution in [0.15, 0.2) is 12.4 Å². The minimum atomic E-state index is -0.150. The third kappa shape index (κ3) is 8.82. The van der Waals surface area contributed by atoms with E-state index < -0.39 is 0 Å². The second-order valence-corrected chi connectivity index (χ2v) is 4.52. The maximum absolute atomic E-state index is 11.4. The van der Waals surface area contributed by atoms with Gasteiger partial charge in [-0.15, -0.1) is 9.24 Å². The van der Waals surface area contributed by atoms with E-state index in [0.29, 0.717) is 25.3 Å². The molecule has 0 aromatic heterocycles. The third-order valence-electron chi connectivity index (χ3n) is 2.25. The summed E-state index contributed by atoms with van der Waals surface area (Å²) >= 11 is 0. The Morgan fingerprint density at radius 3 is 2.33 bits per heavy atom. The van der Waals surface area contributed by atoms with Gasteiger partial charge in [0.2, 0.25) is 11.8 Å². The van der Waals surface area contributed by atoms with Crippen molar-refractivity contribution in [3.05, 3.63) is 12.4 Å². The number of nitrogens with one attached hydrogen (secondary N) is 2. The number of hydrogen-bond acceptors (Lipinski definition) is 4. The molecule has 104 valence electrons. The van der Waals surface area contributed by atoms with E-state index in [9.17, 15) is 9.59 Å². The lowest BCUT2D eigenvalue weighted by Gasteiger charge is -2.17. The summed E-state index contributed by atoms with van der Waals surface area (Å²) in [6, 6.07) is 0. The summed E-state index contributed by atoms with van der Waals surface area (Å²) in [7, 11) is 4.26. The highest BCUT2D eigenvalue weighted by Crippen LogP contribution is 1.93. The van der Waals surface area contributed by atoms with Crippen molar-refractivity contribution in [1.82, 2.24) is 15.5 Å². The van der Waals surface area contributed by atoms with E-state index in [1.807, 2.05) is 0 Å². The van der Waals surface area contributed by atoms with Crippen molar-refractivity contribution in [2.24, 2.45) is 5.73 Å². The molecule has 4 N–H and O–H groups in total. The van der Waals surface area contributed by atoms with Crippen LogP contribution in [0, 0.1) is 0 Å². The van der Waals surface area contributed by atoms with Crippen LogP contribution in [0.25, 0.3) is 0 Å². The molecule has 1 atom stereocenters. The Morgan fingerprint density at radius 2 is 1.83 bits per heavy atom. The maximum Gasteiger partial charge on any atom is 0.239 e. The van der Waals surface area contributed by atoms with Gasteiger partial charge in [0.15, 0.2) is 0 Å². The molecular weight excluding hydrogens is 251 g/mol. The Labute approximate surface area is 111 Å². The van der Waals surface area contributed by atoms with Crippen molar-refractivity contribution >= 4 is 21.1 Å². The van der Waals surface area contributed by atoms with E-state index in [-0.39, 0.29) is 18.4 Å². The topological polar surface area (TPSA) is 87.5 Å². The molecule has 0 aliphatic heterocycles. The number of amides is 2. The maximum atomic E-state index is 11.4. The molecule has 0 heterocycles. The van der Waals surface area contributed by atoms with Gasteiger partial charge in [-0.1, -0.05) is 6.58 Å². The normalized spacial score (nSPS) is 9.67. The van der Waals surface area contributed by atoms with Crippen LogP contribution >= 0.6 is 9.24 Å². The number of carbonyl (C=O) groups is 2. The van der Waals surface area contributed by atoms with E-state index in [0.717, 1.165) is 12.6 Å². The van der Waals surface area contributed by atoms with Gasteiger partial charge < -0.3 is 21.3 Å². The summed E-state index contributed by atoms with van der Waals surface area (Å²) in [6.07, 6.45) is 2.29. The van der Waals surface area contributed by atoms with E-state index in [2.05, 4.69) is 26.5 Å². The van der Waals surface area contributed by atoms with Crippen LogP contribution in [0.4, 0.5) is 0 Å². The Morgan fingerprint density at radius 1 is 1.28 bits per heavy atom. The zero-order chi connectivity index (χ0) is 14.0. The van der Waals surface area contributed by atoms with Crippen LogP contribution in [-0.4, -0.2) is 49.6 Å². The smallest absolute Gasteiger partial charge is 0.239 e. The Balaban J connectivity index is 3.57. The molecule has 0 saturated heterocycles. The van der Waals surface area contributed by atoms with Crippen molar-refractivity contribution in [3.8, 4) is 0 Å². The van der Waals surface area contributed by atoms with Gasteiger partial charge in [-0.3, -0.25) is 9.59 Å². The molecule has 0 bridgehead atoms. The predicted octanol–water partition coefficient (Wildman–Crippen LogP) is -0.764. The molecule has 1 unspecified atom stereocenters. The number of hydrogen-bond donors (Lipinski definition) is 3. The Bertz CT molecular complexity index is 297. The molecule has 6 nitrogen and oxygen atoms in total. The van der Waals surface area contributed by atoms with Gasteiger partial charge >= 0.3 is 0 Å². The largest absolute Gasteiger partial charge is 0.386 e. The average Bonchev–Trinajstić information content (AvgIpc) is 2.31. The lowest BCUT2D eigenvalue weighted by molar-refractivity contribution is -0.123. The van der Waals surface area contributed by atoms with Gasteiger partial charge in [0.1, 0.15) is 0 Å². The zero-order valence-electron chi connectivity index (χ0n) is 10.9. The molecular formula is C11H23N4O2P. The fourth-order valence-electron chi connectivity index (χ4n) is 1.13. The summed E-state index contributed by atoms with van der Waals surface area (Å²) < 4.78 is 0. The molecule has 0 aromatic carbocycles. The van der Waals surface area contributed by atoms with E-state index >= 15 is 0 Å². The molecule has 7 heteroatoms. The zero-order valence-corrected chi connectivity index (χ0v) is 12.0. The number of likely N-dealkylation sites (N-methyl/N-ethyl adjacent to an activating group) is 1. The summed E-state index contributed by atoms with van der Waals surface area (Å²) in [6.45, 7) is 4.54. The van der Waals surface area contributed by atoms with Crippen molar-refractivity contribution < 1.29 is 9.59 Å². The first-order chi connectivity index (χ1) is 8.47. The van der Waals surface area contributed by atoms with Crippen LogP contribution < -0.4 is 16.4 Å². The summed E-state index contributed by atoms with van der Waals surface area (Å²) in [5.41, 5.74) is 5.42. The molecule has 0 aliphatic carbocycles. The highest BCUT2D eigenvalue weighted by Gasteiger charge is 2.05. The van der Waals surface area contributed by atoms with Gasteiger partial charge in [0.05, 0.1) is 12.4 Å². The first kappa shape index (κ1) is 16.7. The standard InChI is InChI=1S/C11H23N4O2P/c1-9(12)15(2)8-11(17)14-6-5-13-10(16)4-3-7-18/h1,3-8,12,18H2,2H3,(H,13,16)(H,14,17). The monoisotopic (exact) mass is 274 g/mol. The molecule has 0 aromatic rings. The fraction of sp³-hybridized carbons (Fsp3) is 0.636.